The third-order valence-corrected chi connectivity index (χ3v) is 4.94. The van der Waals surface area contributed by atoms with Gasteiger partial charge in [0.05, 0.1) is 18.8 Å². The summed E-state index contributed by atoms with van der Waals surface area (Å²) in [5, 5.41) is 3.51. The van der Waals surface area contributed by atoms with Crippen LogP contribution in [-0.4, -0.2) is 38.5 Å². The van der Waals surface area contributed by atoms with Crippen LogP contribution in [0.4, 0.5) is 0 Å². The van der Waals surface area contributed by atoms with Gasteiger partial charge in [-0.15, -0.1) is 0 Å². The normalized spacial score (nSPS) is 35.7. The first-order chi connectivity index (χ1) is 9.28. The van der Waals surface area contributed by atoms with E-state index in [0.717, 1.165) is 38.8 Å². The third kappa shape index (κ3) is 4.44. The second kappa shape index (κ2) is 7.61. The molecule has 1 saturated heterocycles. The van der Waals surface area contributed by atoms with Crippen molar-refractivity contribution in [2.45, 2.75) is 58.0 Å². The molecule has 1 atom stereocenters. The van der Waals surface area contributed by atoms with Crippen molar-refractivity contribution in [3.05, 3.63) is 0 Å². The van der Waals surface area contributed by atoms with Crippen LogP contribution in [0.15, 0.2) is 0 Å². The molecule has 1 heterocycles. The highest BCUT2D eigenvalue weighted by atomic mass is 16.5. The maximum atomic E-state index is 6.41. The van der Waals surface area contributed by atoms with Crippen LogP contribution < -0.4 is 5.32 Å². The molecule has 1 unspecified atom stereocenters. The van der Waals surface area contributed by atoms with E-state index in [2.05, 4.69) is 19.2 Å². The Hall–Kier alpha value is -0.120. The molecular weight excluding hydrogens is 238 g/mol. The molecule has 112 valence electrons. The molecule has 0 spiro atoms. The minimum Gasteiger partial charge on any atom is -0.381 e. The molecule has 1 aliphatic heterocycles. The van der Waals surface area contributed by atoms with Crippen LogP contribution in [0.25, 0.3) is 0 Å². The van der Waals surface area contributed by atoms with Gasteiger partial charge in [-0.05, 0) is 44.6 Å². The van der Waals surface area contributed by atoms with Crippen LogP contribution >= 0.6 is 0 Å². The number of hydrogen-bond donors (Lipinski definition) is 1. The highest BCUT2D eigenvalue weighted by Gasteiger charge is 2.36. The second-order valence-corrected chi connectivity index (χ2v) is 6.36. The molecule has 0 aromatic rings. The van der Waals surface area contributed by atoms with Crippen LogP contribution in [0.1, 0.15) is 52.4 Å². The van der Waals surface area contributed by atoms with Crippen molar-refractivity contribution >= 4 is 0 Å². The smallest absolute Gasteiger partial charge is 0.0806 e. The van der Waals surface area contributed by atoms with Crippen molar-refractivity contribution in [2.24, 2.45) is 11.8 Å². The van der Waals surface area contributed by atoms with Gasteiger partial charge in [-0.25, -0.2) is 0 Å². The van der Waals surface area contributed by atoms with Crippen molar-refractivity contribution in [1.29, 1.82) is 0 Å². The fourth-order valence-corrected chi connectivity index (χ4v) is 3.35. The zero-order valence-corrected chi connectivity index (χ0v) is 12.7. The minimum absolute atomic E-state index is 0.101. The Kier molecular flexibility index (Phi) is 6.11. The first-order valence-corrected chi connectivity index (χ1v) is 8.20. The molecule has 2 aliphatic rings. The highest BCUT2D eigenvalue weighted by Crippen LogP contribution is 2.36. The zero-order valence-electron chi connectivity index (χ0n) is 12.7. The summed E-state index contributed by atoms with van der Waals surface area (Å²) in [7, 11) is 0. The zero-order chi connectivity index (χ0) is 13.6. The number of ether oxygens (including phenoxy) is 2. The van der Waals surface area contributed by atoms with Gasteiger partial charge in [0.25, 0.3) is 0 Å². The van der Waals surface area contributed by atoms with Crippen LogP contribution in [0.5, 0.6) is 0 Å². The molecule has 1 aliphatic carbocycles. The lowest BCUT2D eigenvalue weighted by Gasteiger charge is -2.40. The van der Waals surface area contributed by atoms with E-state index in [1.807, 2.05) is 0 Å². The first kappa shape index (κ1) is 15.3. The molecule has 2 fully saturated rings. The molecule has 0 radical (unpaired) electrons. The minimum atomic E-state index is 0.101. The van der Waals surface area contributed by atoms with Gasteiger partial charge < -0.3 is 14.8 Å². The Balaban J connectivity index is 1.83. The lowest BCUT2D eigenvalue weighted by atomic mass is 9.77. The molecule has 1 saturated carbocycles. The van der Waals surface area contributed by atoms with E-state index < -0.39 is 0 Å². The third-order valence-electron chi connectivity index (χ3n) is 4.94. The van der Waals surface area contributed by atoms with E-state index in [1.54, 1.807) is 0 Å². The predicted molar refractivity (Wildman–Crippen MR) is 78.4 cm³/mol. The van der Waals surface area contributed by atoms with Crippen LogP contribution in [0, 0.1) is 11.8 Å². The van der Waals surface area contributed by atoms with Crippen LogP contribution in [0.2, 0.25) is 0 Å². The van der Waals surface area contributed by atoms with E-state index in [4.69, 9.17) is 9.47 Å². The van der Waals surface area contributed by atoms with Crippen molar-refractivity contribution in [3.63, 3.8) is 0 Å². The summed E-state index contributed by atoms with van der Waals surface area (Å²) >= 11 is 0. The van der Waals surface area contributed by atoms with Crippen molar-refractivity contribution in [3.8, 4) is 0 Å². The number of hydrogen-bond acceptors (Lipinski definition) is 3. The molecular formula is C16H31NO2. The largest absolute Gasteiger partial charge is 0.381 e. The van der Waals surface area contributed by atoms with Gasteiger partial charge in [0, 0.05) is 19.1 Å². The van der Waals surface area contributed by atoms with Gasteiger partial charge in [-0.1, -0.05) is 20.3 Å². The number of likely N-dealkylation sites (N-methyl/N-ethyl adjacent to an activating group) is 1. The Morgan fingerprint density at radius 3 is 2.53 bits per heavy atom. The van der Waals surface area contributed by atoms with Crippen molar-refractivity contribution < 1.29 is 9.47 Å². The fourth-order valence-electron chi connectivity index (χ4n) is 3.35. The summed E-state index contributed by atoms with van der Waals surface area (Å²) in [5.74, 6) is 1.55. The molecule has 0 amide bonds. The Morgan fingerprint density at radius 2 is 1.95 bits per heavy atom. The molecule has 19 heavy (non-hydrogen) atoms. The first-order valence-electron chi connectivity index (χ1n) is 8.20. The van der Waals surface area contributed by atoms with Gasteiger partial charge in [0.1, 0.15) is 0 Å². The van der Waals surface area contributed by atoms with Crippen molar-refractivity contribution in [1.82, 2.24) is 5.32 Å². The van der Waals surface area contributed by atoms with Crippen molar-refractivity contribution in [2.75, 3.05) is 32.9 Å². The average molecular weight is 269 g/mol. The Labute approximate surface area is 118 Å². The quantitative estimate of drug-likeness (QED) is 0.771. The van der Waals surface area contributed by atoms with Gasteiger partial charge in [0.15, 0.2) is 0 Å². The lowest BCUT2D eigenvalue weighted by molar-refractivity contribution is -0.0888. The number of rotatable bonds is 7. The second-order valence-electron chi connectivity index (χ2n) is 6.36. The monoisotopic (exact) mass is 269 g/mol. The van der Waals surface area contributed by atoms with Crippen LogP contribution in [-0.2, 0) is 9.47 Å². The summed E-state index contributed by atoms with van der Waals surface area (Å²) in [6, 6.07) is 0. The van der Waals surface area contributed by atoms with E-state index in [0.29, 0.717) is 5.92 Å². The lowest BCUT2D eigenvalue weighted by Crippen LogP contribution is -2.46. The fraction of sp³-hybridized carbons (Fsp3) is 1.00. The summed E-state index contributed by atoms with van der Waals surface area (Å²) in [5.41, 5.74) is 0.101. The molecule has 0 aromatic carbocycles. The van der Waals surface area contributed by atoms with Gasteiger partial charge >= 0.3 is 0 Å². The van der Waals surface area contributed by atoms with Gasteiger partial charge in [-0.3, -0.25) is 0 Å². The van der Waals surface area contributed by atoms with E-state index in [-0.39, 0.29) is 5.60 Å². The van der Waals surface area contributed by atoms with E-state index in [1.165, 1.54) is 38.5 Å². The maximum Gasteiger partial charge on any atom is 0.0806 e. The van der Waals surface area contributed by atoms with Gasteiger partial charge in [-0.2, -0.15) is 0 Å². The van der Waals surface area contributed by atoms with E-state index >= 15 is 0 Å². The summed E-state index contributed by atoms with van der Waals surface area (Å²) in [6.07, 6.45) is 7.63. The molecule has 3 nitrogen and oxygen atoms in total. The SMILES string of the molecule is CCNCC1(OCC2CCOC2)CCC(CC)CC1. The van der Waals surface area contributed by atoms with Crippen LogP contribution in [0.3, 0.4) is 0 Å². The summed E-state index contributed by atoms with van der Waals surface area (Å²) < 4.78 is 11.9. The molecule has 0 aromatic heterocycles. The molecule has 2 rings (SSSR count). The molecule has 1 N–H and O–H groups in total. The predicted octanol–water partition coefficient (Wildman–Crippen LogP) is 2.99. The standard InChI is InChI=1S/C16H31NO2/c1-3-14-5-8-16(9-6-14,13-17-4-2)19-12-15-7-10-18-11-15/h14-15,17H,3-13H2,1-2H3. The maximum absolute atomic E-state index is 6.41. The number of nitrogens with one attached hydrogen (secondary N) is 1. The highest BCUT2D eigenvalue weighted by molar-refractivity contribution is 4.89. The average Bonchev–Trinajstić information content (AvgIpc) is 2.97. The molecule has 0 bridgehead atoms. The Morgan fingerprint density at radius 1 is 1.16 bits per heavy atom. The summed E-state index contributed by atoms with van der Waals surface area (Å²) in [6.45, 7) is 9.26. The van der Waals surface area contributed by atoms with E-state index in [9.17, 15) is 0 Å². The topological polar surface area (TPSA) is 30.5 Å². The van der Waals surface area contributed by atoms with Gasteiger partial charge in [0.2, 0.25) is 0 Å². The summed E-state index contributed by atoms with van der Waals surface area (Å²) in [4.78, 5) is 0. The Bertz CT molecular complexity index is 243. The molecule has 3 heteroatoms.